The first-order chi connectivity index (χ1) is 13.4. The molecule has 27 heavy (non-hydrogen) atoms. The van der Waals surface area contributed by atoms with Gasteiger partial charge in [0.15, 0.2) is 0 Å². The molecule has 1 atom stereocenters. The Balaban J connectivity index is 1.32. The molecule has 1 unspecified atom stereocenters. The van der Waals surface area contributed by atoms with Crippen molar-refractivity contribution in [3.63, 3.8) is 0 Å². The van der Waals surface area contributed by atoms with Gasteiger partial charge < -0.3 is 19.5 Å². The third-order valence-corrected chi connectivity index (χ3v) is 6.83. The van der Waals surface area contributed by atoms with Crippen LogP contribution < -0.4 is 5.32 Å². The van der Waals surface area contributed by atoms with Crippen molar-refractivity contribution in [3.8, 4) is 0 Å². The zero-order valence-electron chi connectivity index (χ0n) is 16.3. The van der Waals surface area contributed by atoms with E-state index in [0.29, 0.717) is 12.0 Å². The Morgan fingerprint density at radius 2 is 1.85 bits per heavy atom. The van der Waals surface area contributed by atoms with E-state index in [1.165, 1.54) is 68.6 Å². The molecule has 1 N–H and O–H groups in total. The van der Waals surface area contributed by atoms with Crippen molar-refractivity contribution in [3.05, 3.63) is 30.1 Å². The highest BCUT2D eigenvalue weighted by molar-refractivity contribution is 5.76. The molecule has 5 rings (SSSR count). The summed E-state index contributed by atoms with van der Waals surface area (Å²) in [4.78, 5) is 7.77. The van der Waals surface area contributed by atoms with Gasteiger partial charge in [-0.2, -0.15) is 0 Å². The standard InChI is InChI=1S/C22H32N4O/c1-2-4-21-20(3-1)24-22(18-5-10-23-15-18)26(21)19-6-11-25(12-7-19)16-17-8-13-27-14-9-17/h1-4,17-19,23H,5-16H2. The van der Waals surface area contributed by atoms with Gasteiger partial charge in [-0.25, -0.2) is 4.98 Å². The summed E-state index contributed by atoms with van der Waals surface area (Å²) in [5, 5.41) is 3.53. The lowest BCUT2D eigenvalue weighted by atomic mass is 9.97. The fourth-order valence-electron chi connectivity index (χ4n) is 5.26. The Hall–Kier alpha value is -1.43. The molecule has 5 heteroatoms. The van der Waals surface area contributed by atoms with E-state index in [1.54, 1.807) is 0 Å². The molecule has 3 saturated heterocycles. The molecule has 3 aliphatic heterocycles. The highest BCUT2D eigenvalue weighted by Gasteiger charge is 2.29. The van der Waals surface area contributed by atoms with Gasteiger partial charge in [-0.15, -0.1) is 0 Å². The summed E-state index contributed by atoms with van der Waals surface area (Å²) >= 11 is 0. The van der Waals surface area contributed by atoms with E-state index in [2.05, 4.69) is 39.0 Å². The van der Waals surface area contributed by atoms with Crippen LogP contribution in [0.4, 0.5) is 0 Å². The van der Waals surface area contributed by atoms with Crippen molar-refractivity contribution in [1.29, 1.82) is 0 Å². The Labute approximate surface area is 162 Å². The van der Waals surface area contributed by atoms with Crippen molar-refractivity contribution < 1.29 is 4.74 Å². The van der Waals surface area contributed by atoms with E-state index in [9.17, 15) is 0 Å². The molecule has 3 aliphatic rings. The second-order valence-electron chi connectivity index (χ2n) is 8.61. The Morgan fingerprint density at radius 3 is 2.63 bits per heavy atom. The predicted octanol–water partition coefficient (Wildman–Crippen LogP) is 3.18. The minimum Gasteiger partial charge on any atom is -0.381 e. The van der Waals surface area contributed by atoms with Crippen LogP contribution in [0, 0.1) is 5.92 Å². The normalized spacial score (nSPS) is 26.1. The minimum atomic E-state index is 0.567. The second kappa shape index (κ2) is 7.90. The maximum Gasteiger partial charge on any atom is 0.114 e. The third kappa shape index (κ3) is 3.65. The zero-order chi connectivity index (χ0) is 18.1. The molecule has 1 aromatic heterocycles. The second-order valence-corrected chi connectivity index (χ2v) is 8.61. The van der Waals surface area contributed by atoms with E-state index >= 15 is 0 Å². The average molecular weight is 369 g/mol. The number of hydrogen-bond donors (Lipinski definition) is 1. The third-order valence-electron chi connectivity index (χ3n) is 6.83. The van der Waals surface area contributed by atoms with E-state index in [-0.39, 0.29) is 0 Å². The van der Waals surface area contributed by atoms with E-state index in [0.717, 1.165) is 32.2 Å². The van der Waals surface area contributed by atoms with Gasteiger partial charge in [-0.05, 0) is 56.7 Å². The predicted molar refractivity (Wildman–Crippen MR) is 108 cm³/mol. The van der Waals surface area contributed by atoms with E-state index in [1.807, 2.05) is 0 Å². The van der Waals surface area contributed by atoms with Gasteiger partial charge in [0.1, 0.15) is 5.82 Å². The topological polar surface area (TPSA) is 42.3 Å². The van der Waals surface area contributed by atoms with Gasteiger partial charge in [-0.1, -0.05) is 12.1 Å². The number of ether oxygens (including phenoxy) is 1. The van der Waals surface area contributed by atoms with Crippen LogP contribution in [0.5, 0.6) is 0 Å². The minimum absolute atomic E-state index is 0.567. The lowest BCUT2D eigenvalue weighted by Gasteiger charge is -2.36. The fraction of sp³-hybridized carbons (Fsp3) is 0.682. The maximum absolute atomic E-state index is 5.52. The summed E-state index contributed by atoms with van der Waals surface area (Å²) in [5.74, 6) is 2.73. The first-order valence-electron chi connectivity index (χ1n) is 10.9. The zero-order valence-corrected chi connectivity index (χ0v) is 16.3. The molecule has 0 amide bonds. The Kier molecular flexibility index (Phi) is 5.16. The molecule has 2 aromatic rings. The number of nitrogens with zero attached hydrogens (tertiary/aromatic N) is 3. The van der Waals surface area contributed by atoms with Crippen LogP contribution in [0.25, 0.3) is 11.0 Å². The number of para-hydroxylation sites is 2. The first kappa shape index (κ1) is 17.7. The van der Waals surface area contributed by atoms with Crippen LogP contribution >= 0.6 is 0 Å². The molecule has 3 fully saturated rings. The highest BCUT2D eigenvalue weighted by atomic mass is 16.5. The molecule has 1 aromatic carbocycles. The molecule has 146 valence electrons. The lowest BCUT2D eigenvalue weighted by Crippen LogP contribution is -2.39. The summed E-state index contributed by atoms with van der Waals surface area (Å²) < 4.78 is 8.13. The van der Waals surface area contributed by atoms with E-state index in [4.69, 9.17) is 9.72 Å². The molecule has 0 spiro atoms. The van der Waals surface area contributed by atoms with Crippen LogP contribution in [0.15, 0.2) is 24.3 Å². The number of hydrogen-bond acceptors (Lipinski definition) is 4. The molecular weight excluding hydrogens is 336 g/mol. The van der Waals surface area contributed by atoms with Crippen LogP contribution in [0.2, 0.25) is 0 Å². The van der Waals surface area contributed by atoms with Crippen molar-refractivity contribution in [2.45, 2.75) is 44.1 Å². The molecule has 0 aliphatic carbocycles. The van der Waals surface area contributed by atoms with Crippen LogP contribution in [-0.2, 0) is 4.74 Å². The summed E-state index contributed by atoms with van der Waals surface area (Å²) in [5.41, 5.74) is 2.51. The smallest absolute Gasteiger partial charge is 0.114 e. The van der Waals surface area contributed by atoms with Crippen molar-refractivity contribution in [1.82, 2.24) is 19.8 Å². The van der Waals surface area contributed by atoms with Gasteiger partial charge in [0, 0.05) is 51.4 Å². The van der Waals surface area contributed by atoms with Gasteiger partial charge in [-0.3, -0.25) is 0 Å². The summed E-state index contributed by atoms with van der Waals surface area (Å²) in [6.07, 6.45) is 6.19. The largest absolute Gasteiger partial charge is 0.381 e. The highest BCUT2D eigenvalue weighted by Crippen LogP contribution is 2.34. The molecule has 0 bridgehead atoms. The number of nitrogens with one attached hydrogen (secondary N) is 1. The Morgan fingerprint density at radius 1 is 1.04 bits per heavy atom. The summed E-state index contributed by atoms with van der Waals surface area (Å²) in [6, 6.07) is 9.32. The van der Waals surface area contributed by atoms with Crippen molar-refractivity contribution >= 4 is 11.0 Å². The van der Waals surface area contributed by atoms with E-state index < -0.39 is 0 Å². The molecule has 0 saturated carbocycles. The number of rotatable bonds is 4. The monoisotopic (exact) mass is 368 g/mol. The molecule has 0 radical (unpaired) electrons. The van der Waals surface area contributed by atoms with Gasteiger partial charge in [0.25, 0.3) is 0 Å². The number of fused-ring (bicyclic) bond motifs is 1. The van der Waals surface area contributed by atoms with Crippen molar-refractivity contribution in [2.75, 3.05) is 45.9 Å². The summed E-state index contributed by atoms with van der Waals surface area (Å²) in [7, 11) is 0. The molecule has 4 heterocycles. The van der Waals surface area contributed by atoms with Gasteiger partial charge in [0.05, 0.1) is 11.0 Å². The van der Waals surface area contributed by atoms with Crippen molar-refractivity contribution in [2.24, 2.45) is 5.92 Å². The maximum atomic E-state index is 5.52. The van der Waals surface area contributed by atoms with Crippen LogP contribution in [0.1, 0.15) is 49.9 Å². The number of aromatic nitrogens is 2. The van der Waals surface area contributed by atoms with Gasteiger partial charge >= 0.3 is 0 Å². The fourth-order valence-corrected chi connectivity index (χ4v) is 5.26. The quantitative estimate of drug-likeness (QED) is 0.900. The SMILES string of the molecule is c1ccc2c(c1)nc(C1CCNC1)n2C1CCN(CC2CCOCC2)CC1. The number of piperidine rings is 1. The number of imidazole rings is 1. The van der Waals surface area contributed by atoms with Gasteiger partial charge in [0.2, 0.25) is 0 Å². The van der Waals surface area contributed by atoms with Crippen LogP contribution in [0.3, 0.4) is 0 Å². The number of likely N-dealkylation sites (tertiary alicyclic amines) is 1. The molecular formula is C22H32N4O. The van der Waals surface area contributed by atoms with Crippen LogP contribution in [-0.4, -0.2) is 60.4 Å². The summed E-state index contributed by atoms with van der Waals surface area (Å²) in [6.45, 7) is 7.82. The Bertz CT molecular complexity index is 753. The average Bonchev–Trinajstić information content (AvgIpc) is 3.37. The lowest BCUT2D eigenvalue weighted by molar-refractivity contribution is 0.0472. The molecule has 5 nitrogen and oxygen atoms in total. The number of benzene rings is 1. The first-order valence-corrected chi connectivity index (χ1v) is 10.9.